The zero-order chi connectivity index (χ0) is 14.8. The molecule has 20 heavy (non-hydrogen) atoms. The molecule has 0 aliphatic carbocycles. The zero-order valence-electron chi connectivity index (χ0n) is 13.4. The number of hydrogen-bond donors (Lipinski definition) is 1. The van der Waals surface area contributed by atoms with Gasteiger partial charge in [0.05, 0.1) is 0 Å². The highest BCUT2D eigenvalue weighted by Crippen LogP contribution is 2.13. The molecule has 4 heteroatoms. The topological polar surface area (TPSA) is 27.7 Å². The average Bonchev–Trinajstić information content (AvgIpc) is 2.43. The van der Waals surface area contributed by atoms with Crippen molar-refractivity contribution in [1.82, 2.24) is 15.1 Å². The third-order valence-corrected chi connectivity index (χ3v) is 3.15. The largest absolute Gasteiger partial charge is 0.492 e. The molecular formula is C16H29N3O. The van der Waals surface area contributed by atoms with Gasteiger partial charge in [0.25, 0.3) is 0 Å². The van der Waals surface area contributed by atoms with Crippen LogP contribution in [-0.2, 0) is 6.54 Å². The molecular weight excluding hydrogens is 250 g/mol. The molecule has 0 spiro atoms. The molecule has 0 amide bonds. The minimum Gasteiger partial charge on any atom is -0.492 e. The highest BCUT2D eigenvalue weighted by atomic mass is 16.5. The number of benzene rings is 1. The SMILES string of the molecule is CCNCc1cccc(OCCN(C)CCN(C)C)c1. The fraction of sp³-hybridized carbons (Fsp3) is 0.625. The Bertz CT molecular complexity index is 368. The second kappa shape index (κ2) is 9.75. The van der Waals surface area contributed by atoms with Crippen molar-refractivity contribution in [2.45, 2.75) is 13.5 Å². The highest BCUT2D eigenvalue weighted by Gasteiger charge is 2.01. The Morgan fingerprint density at radius 3 is 2.60 bits per heavy atom. The summed E-state index contributed by atoms with van der Waals surface area (Å²) in [4.78, 5) is 4.49. The van der Waals surface area contributed by atoms with E-state index in [9.17, 15) is 0 Å². The first-order valence-corrected chi connectivity index (χ1v) is 7.37. The van der Waals surface area contributed by atoms with Crippen LogP contribution in [0, 0.1) is 0 Å². The van der Waals surface area contributed by atoms with Gasteiger partial charge in [-0.1, -0.05) is 19.1 Å². The fourth-order valence-corrected chi connectivity index (χ4v) is 1.82. The molecule has 1 N–H and O–H groups in total. The van der Waals surface area contributed by atoms with Gasteiger partial charge in [-0.3, -0.25) is 0 Å². The summed E-state index contributed by atoms with van der Waals surface area (Å²) in [5.74, 6) is 0.960. The van der Waals surface area contributed by atoms with Crippen molar-refractivity contribution in [3.8, 4) is 5.75 Å². The van der Waals surface area contributed by atoms with Crippen LogP contribution in [-0.4, -0.2) is 63.7 Å². The van der Waals surface area contributed by atoms with Crippen LogP contribution in [0.5, 0.6) is 5.75 Å². The lowest BCUT2D eigenvalue weighted by molar-refractivity contribution is 0.222. The van der Waals surface area contributed by atoms with Crippen LogP contribution >= 0.6 is 0 Å². The van der Waals surface area contributed by atoms with Gasteiger partial charge in [0.15, 0.2) is 0 Å². The van der Waals surface area contributed by atoms with Crippen molar-refractivity contribution >= 4 is 0 Å². The predicted octanol–water partition coefficient (Wildman–Crippen LogP) is 1.67. The minimum atomic E-state index is 0.731. The number of rotatable bonds is 10. The maximum atomic E-state index is 5.82. The molecule has 4 nitrogen and oxygen atoms in total. The monoisotopic (exact) mass is 279 g/mol. The molecule has 0 atom stereocenters. The lowest BCUT2D eigenvalue weighted by atomic mass is 10.2. The lowest BCUT2D eigenvalue weighted by Crippen LogP contribution is -2.31. The van der Waals surface area contributed by atoms with E-state index < -0.39 is 0 Å². The molecule has 1 aromatic carbocycles. The summed E-state index contributed by atoms with van der Waals surface area (Å²) < 4.78 is 5.82. The van der Waals surface area contributed by atoms with Crippen LogP contribution in [0.1, 0.15) is 12.5 Å². The van der Waals surface area contributed by atoms with Crippen LogP contribution in [0.2, 0.25) is 0 Å². The van der Waals surface area contributed by atoms with Gasteiger partial charge in [-0.2, -0.15) is 0 Å². The molecule has 0 radical (unpaired) electrons. The van der Waals surface area contributed by atoms with Crippen LogP contribution in [0.3, 0.4) is 0 Å². The Morgan fingerprint density at radius 1 is 1.10 bits per heavy atom. The van der Waals surface area contributed by atoms with Crippen molar-refractivity contribution in [3.05, 3.63) is 29.8 Å². The predicted molar refractivity (Wildman–Crippen MR) is 85.4 cm³/mol. The maximum absolute atomic E-state index is 5.82. The van der Waals surface area contributed by atoms with Crippen LogP contribution in [0.4, 0.5) is 0 Å². The van der Waals surface area contributed by atoms with Gasteiger partial charge >= 0.3 is 0 Å². The lowest BCUT2D eigenvalue weighted by Gasteiger charge is -2.19. The number of likely N-dealkylation sites (N-methyl/N-ethyl adjacent to an activating group) is 2. The molecule has 1 rings (SSSR count). The summed E-state index contributed by atoms with van der Waals surface area (Å²) in [5, 5.41) is 3.32. The average molecular weight is 279 g/mol. The summed E-state index contributed by atoms with van der Waals surface area (Å²) in [6.07, 6.45) is 0. The fourth-order valence-electron chi connectivity index (χ4n) is 1.82. The molecule has 0 saturated heterocycles. The van der Waals surface area contributed by atoms with E-state index in [1.807, 2.05) is 6.07 Å². The standard InChI is InChI=1S/C16H29N3O/c1-5-17-14-15-7-6-8-16(13-15)20-12-11-19(4)10-9-18(2)3/h6-8,13,17H,5,9-12,14H2,1-4H3. The van der Waals surface area contributed by atoms with Gasteiger partial charge < -0.3 is 19.9 Å². The van der Waals surface area contributed by atoms with E-state index >= 15 is 0 Å². The first-order valence-electron chi connectivity index (χ1n) is 7.37. The van der Waals surface area contributed by atoms with E-state index in [1.165, 1.54) is 5.56 Å². The molecule has 0 bridgehead atoms. The maximum Gasteiger partial charge on any atom is 0.119 e. The van der Waals surface area contributed by atoms with Gasteiger partial charge in [0.1, 0.15) is 12.4 Å². The van der Waals surface area contributed by atoms with E-state index in [-0.39, 0.29) is 0 Å². The molecule has 0 aliphatic heterocycles. The van der Waals surface area contributed by atoms with E-state index in [2.05, 4.69) is 61.4 Å². The zero-order valence-corrected chi connectivity index (χ0v) is 13.4. The quantitative estimate of drug-likeness (QED) is 0.705. The Labute approximate surface area is 123 Å². The second-order valence-electron chi connectivity index (χ2n) is 5.38. The molecule has 0 aliphatic rings. The molecule has 0 heterocycles. The summed E-state index contributed by atoms with van der Waals surface area (Å²) in [7, 11) is 6.33. The Hall–Kier alpha value is -1.10. The first kappa shape index (κ1) is 17.0. The van der Waals surface area contributed by atoms with Crippen molar-refractivity contribution in [2.75, 3.05) is 53.9 Å². The van der Waals surface area contributed by atoms with Gasteiger partial charge in [-0.25, -0.2) is 0 Å². The van der Waals surface area contributed by atoms with Crippen molar-refractivity contribution in [2.24, 2.45) is 0 Å². The molecule has 0 aromatic heterocycles. The van der Waals surface area contributed by atoms with E-state index in [0.29, 0.717) is 0 Å². The van der Waals surface area contributed by atoms with Crippen molar-refractivity contribution in [1.29, 1.82) is 0 Å². The number of nitrogens with one attached hydrogen (secondary N) is 1. The van der Waals surface area contributed by atoms with Gasteiger partial charge in [-0.05, 0) is 45.4 Å². The highest BCUT2D eigenvalue weighted by molar-refractivity contribution is 5.28. The first-order chi connectivity index (χ1) is 9.61. The van der Waals surface area contributed by atoms with Crippen LogP contribution < -0.4 is 10.1 Å². The normalized spacial score (nSPS) is 11.3. The van der Waals surface area contributed by atoms with E-state index in [0.717, 1.165) is 45.1 Å². The molecule has 0 saturated carbocycles. The Kier molecular flexibility index (Phi) is 8.26. The molecule has 0 unspecified atom stereocenters. The second-order valence-corrected chi connectivity index (χ2v) is 5.38. The summed E-state index contributed by atoms with van der Waals surface area (Å²) >= 11 is 0. The van der Waals surface area contributed by atoms with E-state index in [4.69, 9.17) is 4.74 Å². The summed E-state index contributed by atoms with van der Waals surface area (Å²) in [6, 6.07) is 8.31. The van der Waals surface area contributed by atoms with Gasteiger partial charge in [0, 0.05) is 26.2 Å². The number of ether oxygens (including phenoxy) is 1. The van der Waals surface area contributed by atoms with Crippen LogP contribution in [0.25, 0.3) is 0 Å². The Balaban J connectivity index is 2.27. The van der Waals surface area contributed by atoms with Crippen LogP contribution in [0.15, 0.2) is 24.3 Å². The molecule has 114 valence electrons. The number of hydrogen-bond acceptors (Lipinski definition) is 4. The minimum absolute atomic E-state index is 0.731. The number of nitrogens with zero attached hydrogens (tertiary/aromatic N) is 2. The third-order valence-electron chi connectivity index (χ3n) is 3.15. The van der Waals surface area contributed by atoms with Crippen molar-refractivity contribution < 1.29 is 4.74 Å². The smallest absolute Gasteiger partial charge is 0.119 e. The van der Waals surface area contributed by atoms with Gasteiger partial charge in [-0.15, -0.1) is 0 Å². The van der Waals surface area contributed by atoms with Crippen molar-refractivity contribution in [3.63, 3.8) is 0 Å². The Morgan fingerprint density at radius 2 is 1.90 bits per heavy atom. The molecule has 0 fully saturated rings. The third kappa shape index (κ3) is 7.48. The summed E-state index contributed by atoms with van der Waals surface area (Å²) in [6.45, 7) is 7.83. The summed E-state index contributed by atoms with van der Waals surface area (Å²) in [5.41, 5.74) is 1.27. The van der Waals surface area contributed by atoms with E-state index in [1.54, 1.807) is 0 Å². The van der Waals surface area contributed by atoms with Gasteiger partial charge in [0.2, 0.25) is 0 Å². The molecule has 1 aromatic rings.